The molecule has 4 rings (SSSR count). The minimum Gasteiger partial charge on any atom is -0.299 e. The Morgan fingerprint density at radius 3 is 2.67 bits per heavy atom. The van der Waals surface area contributed by atoms with Gasteiger partial charge in [-0.2, -0.15) is 0 Å². The average Bonchev–Trinajstić information content (AvgIpc) is 2.82. The lowest BCUT2D eigenvalue weighted by Crippen LogP contribution is -2.56. The number of halogens is 1. The van der Waals surface area contributed by atoms with E-state index in [9.17, 15) is 4.79 Å². The van der Waals surface area contributed by atoms with Gasteiger partial charge in [-0.1, -0.05) is 20.3 Å². The molecule has 21 heavy (non-hydrogen) atoms. The van der Waals surface area contributed by atoms with Gasteiger partial charge in [0.05, 0.1) is 0 Å². The third-order valence-electron chi connectivity index (χ3n) is 8.23. The van der Waals surface area contributed by atoms with Crippen LogP contribution in [0, 0.1) is 34.5 Å². The second kappa shape index (κ2) is 4.73. The molecule has 4 fully saturated rings. The summed E-state index contributed by atoms with van der Waals surface area (Å²) in [4.78, 5) is 12.9. The minimum atomic E-state index is -0.0434. The van der Waals surface area contributed by atoms with E-state index in [-0.39, 0.29) is 10.8 Å². The number of carbonyl (C=O) groups excluding carboxylic acids is 1. The third kappa shape index (κ3) is 1.92. The van der Waals surface area contributed by atoms with E-state index in [1.807, 2.05) is 0 Å². The smallest absolute Gasteiger partial charge is 0.140 e. The highest BCUT2D eigenvalue weighted by atomic mass is 35.5. The van der Waals surface area contributed by atoms with Crippen molar-refractivity contribution in [3.8, 4) is 0 Å². The standard InChI is InChI=1S/C19H29ClO/c1-18-8-3-4-15(18)14-6-5-12-10-13(20)11-17(21)19(12,2)16(14)7-9-18/h12-16H,3-11H2,1-2H3/t12?,13-,14+,15+,16+,18+,19+/m1/s1. The lowest BCUT2D eigenvalue weighted by atomic mass is 9.45. The summed E-state index contributed by atoms with van der Waals surface area (Å²) in [5.41, 5.74) is 0.551. The van der Waals surface area contributed by atoms with Gasteiger partial charge in [-0.3, -0.25) is 4.79 Å². The van der Waals surface area contributed by atoms with Crippen LogP contribution in [0.5, 0.6) is 0 Å². The Morgan fingerprint density at radius 2 is 1.86 bits per heavy atom. The molecule has 0 aliphatic heterocycles. The van der Waals surface area contributed by atoms with Crippen LogP contribution in [0.2, 0.25) is 0 Å². The molecule has 0 amide bonds. The summed E-state index contributed by atoms with van der Waals surface area (Å²) in [6, 6.07) is 0. The predicted octanol–water partition coefficient (Wildman–Crippen LogP) is 5.21. The molecule has 7 atom stereocenters. The molecule has 0 aromatic rings. The quantitative estimate of drug-likeness (QED) is 0.562. The molecule has 0 radical (unpaired) electrons. The van der Waals surface area contributed by atoms with Crippen LogP contribution in [0.4, 0.5) is 0 Å². The molecule has 0 saturated heterocycles. The van der Waals surface area contributed by atoms with Crippen molar-refractivity contribution in [2.45, 2.75) is 77.0 Å². The molecule has 1 unspecified atom stereocenters. The second-order valence-electron chi connectivity index (χ2n) is 8.98. The minimum absolute atomic E-state index is 0.0434. The van der Waals surface area contributed by atoms with Crippen LogP contribution in [-0.2, 0) is 4.79 Å². The molecule has 4 aliphatic rings. The van der Waals surface area contributed by atoms with E-state index in [2.05, 4.69) is 13.8 Å². The Kier molecular flexibility index (Phi) is 3.27. The van der Waals surface area contributed by atoms with E-state index in [1.165, 1.54) is 44.9 Å². The van der Waals surface area contributed by atoms with Crippen LogP contribution in [0.1, 0.15) is 71.6 Å². The van der Waals surface area contributed by atoms with Gasteiger partial charge in [0.25, 0.3) is 0 Å². The maximum absolute atomic E-state index is 12.9. The molecule has 118 valence electrons. The molecule has 0 heterocycles. The third-order valence-corrected chi connectivity index (χ3v) is 8.57. The van der Waals surface area contributed by atoms with E-state index >= 15 is 0 Å². The fraction of sp³-hybridized carbons (Fsp3) is 0.947. The van der Waals surface area contributed by atoms with E-state index in [0.717, 1.165) is 18.3 Å². The Hall–Kier alpha value is -0.0400. The first-order valence-corrected chi connectivity index (χ1v) is 9.56. The van der Waals surface area contributed by atoms with E-state index in [0.29, 0.717) is 29.5 Å². The maximum atomic E-state index is 12.9. The van der Waals surface area contributed by atoms with Crippen molar-refractivity contribution >= 4 is 17.4 Å². The lowest BCUT2D eigenvalue weighted by molar-refractivity contribution is -0.154. The van der Waals surface area contributed by atoms with Gasteiger partial charge in [-0.05, 0) is 74.0 Å². The number of hydrogen-bond donors (Lipinski definition) is 0. The Bertz CT molecular complexity index is 460. The van der Waals surface area contributed by atoms with Crippen molar-refractivity contribution in [1.82, 2.24) is 0 Å². The van der Waals surface area contributed by atoms with Gasteiger partial charge in [0.15, 0.2) is 0 Å². The van der Waals surface area contributed by atoms with Crippen LogP contribution in [-0.4, -0.2) is 11.2 Å². The zero-order valence-corrected chi connectivity index (χ0v) is 14.3. The summed E-state index contributed by atoms with van der Waals surface area (Å²) < 4.78 is 0. The fourth-order valence-corrected chi connectivity index (χ4v) is 7.39. The molecule has 0 aromatic carbocycles. The molecular formula is C19H29ClO. The van der Waals surface area contributed by atoms with Gasteiger partial charge in [0, 0.05) is 17.2 Å². The zero-order valence-electron chi connectivity index (χ0n) is 13.5. The highest BCUT2D eigenvalue weighted by Crippen LogP contribution is 2.65. The summed E-state index contributed by atoms with van der Waals surface area (Å²) >= 11 is 6.36. The number of carbonyl (C=O) groups is 1. The number of Topliss-reactive ketones (excluding diaryl/α,β-unsaturated/α-hetero) is 1. The van der Waals surface area contributed by atoms with E-state index in [1.54, 1.807) is 0 Å². The van der Waals surface area contributed by atoms with Crippen molar-refractivity contribution in [1.29, 1.82) is 0 Å². The summed E-state index contributed by atoms with van der Waals surface area (Å²) in [5, 5.41) is 0.104. The Balaban J connectivity index is 1.67. The number of alkyl halides is 1. The van der Waals surface area contributed by atoms with Gasteiger partial charge in [0.2, 0.25) is 0 Å². The van der Waals surface area contributed by atoms with Crippen LogP contribution in [0.15, 0.2) is 0 Å². The monoisotopic (exact) mass is 308 g/mol. The van der Waals surface area contributed by atoms with Gasteiger partial charge in [-0.25, -0.2) is 0 Å². The first kappa shape index (κ1) is 14.5. The van der Waals surface area contributed by atoms with Crippen LogP contribution >= 0.6 is 11.6 Å². The molecular weight excluding hydrogens is 280 g/mol. The molecule has 0 bridgehead atoms. The summed E-state index contributed by atoms with van der Waals surface area (Å²) in [6.07, 6.45) is 11.2. The Morgan fingerprint density at radius 1 is 1.05 bits per heavy atom. The topological polar surface area (TPSA) is 17.1 Å². The predicted molar refractivity (Wildman–Crippen MR) is 86.4 cm³/mol. The van der Waals surface area contributed by atoms with Crippen LogP contribution in [0.25, 0.3) is 0 Å². The average molecular weight is 309 g/mol. The largest absolute Gasteiger partial charge is 0.299 e. The number of hydrogen-bond acceptors (Lipinski definition) is 1. The molecule has 4 aliphatic carbocycles. The molecule has 4 saturated carbocycles. The van der Waals surface area contributed by atoms with E-state index in [4.69, 9.17) is 11.6 Å². The van der Waals surface area contributed by atoms with Crippen LogP contribution in [0.3, 0.4) is 0 Å². The molecule has 0 aromatic heterocycles. The number of ketones is 1. The van der Waals surface area contributed by atoms with Gasteiger partial charge < -0.3 is 0 Å². The van der Waals surface area contributed by atoms with Gasteiger partial charge in [0.1, 0.15) is 5.78 Å². The summed E-state index contributed by atoms with van der Waals surface area (Å²) in [6.45, 7) is 4.85. The number of rotatable bonds is 0. The van der Waals surface area contributed by atoms with Crippen molar-refractivity contribution in [2.75, 3.05) is 0 Å². The fourth-order valence-electron chi connectivity index (χ4n) is 7.03. The Labute approximate surface area is 134 Å². The van der Waals surface area contributed by atoms with E-state index < -0.39 is 0 Å². The SMILES string of the molecule is C[C@@]12CCC[C@H]1[C@@H]1CCC3C[C@@H](Cl)CC(=O)[C@]3(C)[C@H]1CC2. The van der Waals surface area contributed by atoms with Crippen LogP contribution < -0.4 is 0 Å². The molecule has 0 N–H and O–H groups in total. The lowest BCUT2D eigenvalue weighted by Gasteiger charge is -2.59. The van der Waals surface area contributed by atoms with Crippen molar-refractivity contribution in [3.05, 3.63) is 0 Å². The highest BCUT2D eigenvalue weighted by Gasteiger charge is 2.60. The van der Waals surface area contributed by atoms with Crippen molar-refractivity contribution < 1.29 is 4.79 Å². The highest BCUT2D eigenvalue weighted by molar-refractivity contribution is 6.22. The number of fused-ring (bicyclic) bond motifs is 5. The normalized spacial score (nSPS) is 56.5. The maximum Gasteiger partial charge on any atom is 0.140 e. The second-order valence-corrected chi connectivity index (χ2v) is 9.60. The molecule has 0 spiro atoms. The van der Waals surface area contributed by atoms with Crippen molar-refractivity contribution in [3.63, 3.8) is 0 Å². The van der Waals surface area contributed by atoms with Crippen molar-refractivity contribution in [2.24, 2.45) is 34.5 Å². The van der Waals surface area contributed by atoms with Gasteiger partial charge >= 0.3 is 0 Å². The summed E-state index contributed by atoms with van der Waals surface area (Å²) in [7, 11) is 0. The summed E-state index contributed by atoms with van der Waals surface area (Å²) in [5.74, 6) is 3.44. The van der Waals surface area contributed by atoms with Gasteiger partial charge in [-0.15, -0.1) is 11.6 Å². The molecule has 2 heteroatoms. The zero-order chi connectivity index (χ0) is 14.8. The molecule has 1 nitrogen and oxygen atoms in total. The first-order valence-electron chi connectivity index (χ1n) is 9.12. The first-order chi connectivity index (χ1) is 9.95.